The van der Waals surface area contributed by atoms with Crippen LogP contribution < -0.4 is 0 Å². The Balaban J connectivity index is 1.64. The first-order valence-electron chi connectivity index (χ1n) is 10.8. The van der Waals surface area contributed by atoms with Crippen molar-refractivity contribution in [3.63, 3.8) is 0 Å². The van der Waals surface area contributed by atoms with Gasteiger partial charge in [-0.3, -0.25) is 24.5 Å². The molecule has 0 unspecified atom stereocenters. The van der Waals surface area contributed by atoms with Gasteiger partial charge in [0.1, 0.15) is 9.75 Å². The van der Waals surface area contributed by atoms with Gasteiger partial charge in [-0.15, -0.1) is 23.2 Å². The minimum absolute atomic E-state index is 0.120. The number of halogens is 8. The number of non-ortho nitro benzene ring substituents is 1. The van der Waals surface area contributed by atoms with Crippen LogP contribution in [-0.4, -0.2) is 46.7 Å². The molecule has 3 aliphatic rings. The highest BCUT2D eigenvalue weighted by Crippen LogP contribution is 2.77. The Labute approximate surface area is 260 Å². The largest absolute Gasteiger partial charge is 0.273 e. The predicted octanol–water partition coefficient (Wildman–Crippen LogP) is 6.91. The summed E-state index contributed by atoms with van der Waals surface area (Å²) in [4.78, 5) is 48.1. The van der Waals surface area contributed by atoms with Crippen molar-refractivity contribution in [3.05, 3.63) is 83.8 Å². The van der Waals surface area contributed by atoms with Crippen molar-refractivity contribution >= 4 is 116 Å². The van der Waals surface area contributed by atoms with Crippen LogP contribution in [0.25, 0.3) is 0 Å². The van der Waals surface area contributed by atoms with Gasteiger partial charge in [-0.1, -0.05) is 81.7 Å². The summed E-state index contributed by atoms with van der Waals surface area (Å²) in [6.45, 7) is -0.430. The Morgan fingerprint density at radius 3 is 2.00 bits per heavy atom. The van der Waals surface area contributed by atoms with Crippen molar-refractivity contribution in [1.29, 1.82) is 0 Å². The number of fused-ring (bicyclic) bond motifs is 5. The number of nitro groups is 1. The second-order valence-electron chi connectivity index (χ2n) is 8.98. The molecule has 204 valence electrons. The minimum atomic E-state index is -2.17. The number of nitro benzene ring substituents is 1. The van der Waals surface area contributed by atoms with Crippen molar-refractivity contribution in [2.24, 2.45) is 11.8 Å². The van der Waals surface area contributed by atoms with Crippen LogP contribution in [0, 0.1) is 22.0 Å². The molecule has 3 amide bonds. The zero-order valence-electron chi connectivity index (χ0n) is 18.8. The van der Waals surface area contributed by atoms with E-state index in [1.807, 2.05) is 0 Å². The number of allylic oxidation sites excluding steroid dienone is 2. The lowest BCUT2D eigenvalue weighted by Crippen LogP contribution is -2.55. The number of benzene rings is 2. The molecule has 2 aromatic carbocycles. The first kappa shape index (κ1) is 29.0. The number of amides is 3. The fourth-order valence-corrected chi connectivity index (χ4v) is 8.56. The monoisotopic (exact) mass is 689 g/mol. The molecule has 1 saturated carbocycles. The molecule has 0 aromatic heterocycles. The molecular weight excluding hydrogens is 682 g/mol. The van der Waals surface area contributed by atoms with Crippen LogP contribution in [0.5, 0.6) is 0 Å². The van der Waals surface area contributed by atoms with E-state index in [9.17, 15) is 24.5 Å². The number of rotatable bonds is 5. The Kier molecular flexibility index (Phi) is 7.09. The second-order valence-corrected chi connectivity index (χ2v) is 13.1. The van der Waals surface area contributed by atoms with Crippen LogP contribution in [-0.2, 0) is 16.1 Å². The van der Waals surface area contributed by atoms with Crippen molar-refractivity contribution in [2.75, 3.05) is 0 Å². The summed E-state index contributed by atoms with van der Waals surface area (Å²) >= 11 is 51.6. The lowest BCUT2D eigenvalue weighted by Gasteiger charge is -2.37. The van der Waals surface area contributed by atoms with Gasteiger partial charge in [0.05, 0.1) is 33.4 Å². The van der Waals surface area contributed by atoms with Crippen molar-refractivity contribution < 1.29 is 19.3 Å². The third-order valence-electron chi connectivity index (χ3n) is 7.00. The van der Waals surface area contributed by atoms with Crippen LogP contribution in [0.4, 0.5) is 5.69 Å². The Bertz CT molecular complexity index is 1490. The molecule has 2 fully saturated rings. The van der Waals surface area contributed by atoms with Gasteiger partial charge in [0.2, 0.25) is 0 Å². The maximum absolute atomic E-state index is 13.9. The molecule has 2 aliphatic carbocycles. The molecular formula is C23H11Cl8N3O5. The molecule has 8 nitrogen and oxygen atoms in total. The number of hydrogen-bond acceptors (Lipinski definition) is 5. The average Bonchev–Trinajstić information content (AvgIpc) is 3.26. The molecule has 39 heavy (non-hydrogen) atoms. The maximum atomic E-state index is 13.9. The van der Waals surface area contributed by atoms with E-state index in [1.54, 1.807) is 0 Å². The summed E-state index contributed by atoms with van der Waals surface area (Å²) in [5, 5.41) is 12.5. The quantitative estimate of drug-likeness (QED) is 0.147. The van der Waals surface area contributed by atoms with E-state index < -0.39 is 60.8 Å². The predicted molar refractivity (Wildman–Crippen MR) is 149 cm³/mol. The van der Waals surface area contributed by atoms with E-state index in [2.05, 4.69) is 0 Å². The Morgan fingerprint density at radius 1 is 0.923 bits per heavy atom. The Hall–Kier alpha value is -1.49. The van der Waals surface area contributed by atoms with E-state index in [1.165, 1.54) is 36.4 Å². The fourth-order valence-electron chi connectivity index (χ4n) is 5.16. The van der Waals surface area contributed by atoms with E-state index in [4.69, 9.17) is 92.8 Å². The summed E-state index contributed by atoms with van der Waals surface area (Å²) in [6, 6.07) is 9.11. The van der Waals surface area contributed by atoms with Crippen molar-refractivity contribution in [1.82, 2.24) is 10.0 Å². The van der Waals surface area contributed by atoms with Crippen LogP contribution in [0.2, 0.25) is 10.0 Å². The fraction of sp³-hybridized carbons (Fsp3) is 0.261. The molecule has 2 bridgehead atoms. The van der Waals surface area contributed by atoms with E-state index in [0.29, 0.717) is 15.6 Å². The lowest BCUT2D eigenvalue weighted by atomic mass is 9.84. The molecule has 1 saturated heterocycles. The van der Waals surface area contributed by atoms with Gasteiger partial charge in [0, 0.05) is 27.7 Å². The summed E-state index contributed by atoms with van der Waals surface area (Å²) in [6.07, 6.45) is 0. The number of nitrogens with zero attached hydrogens (tertiary/aromatic N) is 3. The number of hydrogen-bond donors (Lipinski definition) is 0. The van der Waals surface area contributed by atoms with E-state index in [-0.39, 0.29) is 20.7 Å². The highest BCUT2D eigenvalue weighted by atomic mass is 35.5. The van der Waals surface area contributed by atoms with E-state index >= 15 is 0 Å². The van der Waals surface area contributed by atoms with Crippen LogP contribution in [0.15, 0.2) is 52.5 Å². The molecule has 1 heterocycles. The topological polar surface area (TPSA) is 101 Å². The summed E-state index contributed by atoms with van der Waals surface area (Å²) < 4.78 is -2.17. The van der Waals surface area contributed by atoms with Gasteiger partial charge in [0.25, 0.3) is 23.4 Å². The third-order valence-corrected chi connectivity index (χ3v) is 11.8. The molecule has 2 aromatic rings. The maximum Gasteiger partial charge on any atom is 0.273 e. The van der Waals surface area contributed by atoms with E-state index in [0.717, 1.165) is 11.1 Å². The molecule has 0 N–H and O–H groups in total. The van der Waals surface area contributed by atoms with Gasteiger partial charge in [-0.05, 0) is 23.8 Å². The molecule has 5 rings (SSSR count). The molecule has 1 aliphatic heterocycles. The standard InChI is InChI=1S/C23H11Cl8N3O5/c24-11-5-4-10(13(25)7-11)8-32(18(35)9-2-1-3-12(6-9)34(38)39)33-19(36)14-15(20(33)37)22(29)17(27)16(26)21(14,28)23(22,30)31/h1-7,14-15H,8H2/t14-,15+,21-,22-/m1/s1. The second kappa shape index (κ2) is 9.53. The third kappa shape index (κ3) is 3.76. The number of carbonyl (C=O) groups excluding carboxylic acids is 3. The van der Waals surface area contributed by atoms with Gasteiger partial charge in [-0.2, -0.15) is 5.01 Å². The van der Waals surface area contributed by atoms with Gasteiger partial charge >= 0.3 is 0 Å². The van der Waals surface area contributed by atoms with Crippen molar-refractivity contribution in [2.45, 2.75) is 20.6 Å². The zero-order chi connectivity index (χ0) is 28.8. The molecule has 0 spiro atoms. The number of hydrazine groups is 1. The SMILES string of the molecule is O=C(c1cccc([N+](=O)[O-])c1)N(Cc1ccc(Cl)cc1Cl)N1C(=O)[C@@H]2[C@H](C1=O)[C@@]1(Cl)C(Cl)=C(Cl)[C@@]2(Cl)C1(Cl)Cl. The summed E-state index contributed by atoms with van der Waals surface area (Å²) in [7, 11) is 0. The Morgan fingerprint density at radius 2 is 1.49 bits per heavy atom. The number of imide groups is 1. The van der Waals surface area contributed by atoms with Gasteiger partial charge in [0.15, 0.2) is 4.33 Å². The normalized spacial score (nSPS) is 28.8. The van der Waals surface area contributed by atoms with Gasteiger partial charge < -0.3 is 0 Å². The van der Waals surface area contributed by atoms with Crippen LogP contribution in [0.1, 0.15) is 15.9 Å². The summed E-state index contributed by atoms with van der Waals surface area (Å²) in [5.74, 6) is -5.93. The zero-order valence-corrected chi connectivity index (χ0v) is 24.9. The van der Waals surface area contributed by atoms with Crippen LogP contribution >= 0.6 is 92.8 Å². The molecule has 4 atom stereocenters. The first-order chi connectivity index (χ1) is 18.1. The highest BCUT2D eigenvalue weighted by Gasteiger charge is 2.88. The average molecular weight is 693 g/mol. The van der Waals surface area contributed by atoms with Crippen molar-refractivity contribution in [3.8, 4) is 0 Å². The minimum Gasteiger partial charge on any atom is -0.272 e. The summed E-state index contributed by atoms with van der Waals surface area (Å²) in [5.41, 5.74) is -0.301. The number of alkyl halides is 4. The number of carbonyl (C=O) groups is 3. The van der Waals surface area contributed by atoms with Gasteiger partial charge in [-0.25, -0.2) is 5.01 Å². The molecule has 16 heteroatoms. The first-order valence-corrected chi connectivity index (χ1v) is 13.8. The lowest BCUT2D eigenvalue weighted by molar-refractivity contribution is -0.384. The molecule has 0 radical (unpaired) electrons. The highest BCUT2D eigenvalue weighted by molar-refractivity contribution is 6.66. The smallest absolute Gasteiger partial charge is 0.272 e. The van der Waals surface area contributed by atoms with Crippen LogP contribution in [0.3, 0.4) is 0 Å².